The molecule has 7 heterocycles. The van der Waals surface area contributed by atoms with Gasteiger partial charge in [0.1, 0.15) is 13.1 Å². The fraction of sp³-hybridized carbons (Fsp3) is 0.733. The van der Waals surface area contributed by atoms with E-state index in [1.165, 1.54) is 29.4 Å². The summed E-state index contributed by atoms with van der Waals surface area (Å²) in [6, 6.07) is 0. The Morgan fingerprint density at radius 3 is 1.70 bits per heavy atom. The van der Waals surface area contributed by atoms with Crippen LogP contribution in [0.1, 0.15) is 151 Å². The molecule has 5 aliphatic heterocycles. The molecule has 7 aliphatic rings. The Kier molecular flexibility index (Phi) is 14.9. The summed E-state index contributed by atoms with van der Waals surface area (Å²) in [6.07, 6.45) is 14.4. The minimum absolute atomic E-state index is 0. The third-order valence-electron chi connectivity index (χ3n) is 13.7. The van der Waals surface area contributed by atoms with Crippen molar-refractivity contribution >= 4 is 40.6 Å². The molecule has 3 fully saturated rings. The first-order valence-electron chi connectivity index (χ1n) is 22.1. The number of aromatic nitrogens is 4. The maximum absolute atomic E-state index is 13.9. The summed E-state index contributed by atoms with van der Waals surface area (Å²) in [6.45, 7) is 14.8. The van der Waals surface area contributed by atoms with Gasteiger partial charge in [0.2, 0.25) is 0 Å². The first-order chi connectivity index (χ1) is 29.2. The van der Waals surface area contributed by atoms with Gasteiger partial charge in [0.15, 0.2) is 11.4 Å². The number of fused-ring (bicyclic) bond motifs is 2. The summed E-state index contributed by atoms with van der Waals surface area (Å²) >= 11 is 3.11. The molecule has 0 amide bonds. The monoisotopic (exact) mass is 954 g/mol. The van der Waals surface area contributed by atoms with Gasteiger partial charge in [0.25, 0.3) is 11.8 Å². The van der Waals surface area contributed by atoms with Gasteiger partial charge in [-0.05, 0) is 144 Å². The van der Waals surface area contributed by atoms with Crippen LogP contribution in [0.3, 0.4) is 0 Å². The van der Waals surface area contributed by atoms with Gasteiger partial charge in [0.05, 0.1) is 66.3 Å². The van der Waals surface area contributed by atoms with Crippen LogP contribution in [0, 0.1) is 10.8 Å². The van der Waals surface area contributed by atoms with Crippen LogP contribution in [-0.4, -0.2) is 101 Å². The van der Waals surface area contributed by atoms with Gasteiger partial charge in [-0.3, -0.25) is 9.36 Å². The third kappa shape index (κ3) is 10.7. The zero-order chi connectivity index (χ0) is 44.7. The molecule has 2 aromatic heterocycles. The molecule has 12 nitrogen and oxygen atoms in total. The highest BCUT2D eigenvalue weighted by Gasteiger charge is 2.53. The molecule has 0 N–H and O–H groups in total. The Bertz CT molecular complexity index is 2040. The normalized spacial score (nSPS) is 27.1. The Labute approximate surface area is 377 Å². The number of nitrogens with zero attached hydrogens (tertiary/aromatic N) is 4. The van der Waals surface area contributed by atoms with E-state index in [9.17, 15) is 27.2 Å². The molecule has 2 unspecified atom stereocenters. The zero-order valence-electron chi connectivity index (χ0n) is 36.8. The molecule has 0 aromatic carbocycles. The van der Waals surface area contributed by atoms with E-state index in [1.807, 2.05) is 0 Å². The molecule has 18 heteroatoms. The van der Waals surface area contributed by atoms with Gasteiger partial charge in [0, 0.05) is 18.8 Å². The molecule has 2 spiro atoms. The van der Waals surface area contributed by atoms with Crippen LogP contribution < -0.4 is 0 Å². The minimum atomic E-state index is -2.81. The quantitative estimate of drug-likeness (QED) is 0.157. The van der Waals surface area contributed by atoms with Gasteiger partial charge < -0.3 is 28.3 Å². The molecule has 63 heavy (non-hydrogen) atoms. The summed E-state index contributed by atoms with van der Waals surface area (Å²) in [5.41, 5.74) is 3.98. The molecular formula is C45H64BBrF4N4O8. The van der Waals surface area contributed by atoms with Crippen LogP contribution in [0.4, 0.5) is 17.6 Å². The second kappa shape index (κ2) is 19.0. The smallest absolute Gasteiger partial charge is 0.461 e. The zero-order valence-corrected chi connectivity index (χ0v) is 38.4. The highest BCUT2D eigenvalue weighted by Crippen LogP contribution is 2.48. The second-order valence-corrected chi connectivity index (χ2v) is 19.7. The molecule has 2 aliphatic carbocycles. The summed E-state index contributed by atoms with van der Waals surface area (Å²) in [4.78, 5) is 23.8. The van der Waals surface area contributed by atoms with Crippen LogP contribution in [0.25, 0.3) is 5.57 Å². The van der Waals surface area contributed by atoms with Crippen molar-refractivity contribution in [2.75, 3.05) is 39.6 Å². The van der Waals surface area contributed by atoms with E-state index in [0.29, 0.717) is 26.8 Å². The lowest BCUT2D eigenvalue weighted by atomic mass is 9.64. The number of hydrogen-bond acceptors (Lipinski definition) is 10. The van der Waals surface area contributed by atoms with Gasteiger partial charge in [-0.15, -0.1) is 0 Å². The van der Waals surface area contributed by atoms with Gasteiger partial charge in [-0.1, -0.05) is 19.6 Å². The van der Waals surface area contributed by atoms with Crippen molar-refractivity contribution < 1.29 is 55.4 Å². The number of esters is 2. The van der Waals surface area contributed by atoms with Crippen molar-refractivity contribution in [3.63, 3.8) is 0 Å². The summed E-state index contributed by atoms with van der Waals surface area (Å²) in [7, 11) is -0.151. The number of alkyl halides is 4. The largest absolute Gasteiger partial charge is 0.490 e. The Hall–Kier alpha value is -3.06. The van der Waals surface area contributed by atoms with E-state index in [2.05, 4.69) is 66.0 Å². The predicted octanol–water partition coefficient (Wildman–Crippen LogP) is 9.79. The SMILES string of the molecule is C.CC1(C)OB(C2=CCC3(CCCOC3)CC2)OC1(C)C.CCOC(=O)c1nn2c(c1Br)CC(F)(F)C2.CCOC(=O)c1nn2c(c1C1=CCC3(CCCOC3)CC1)CC(F)(F)C2. The minimum Gasteiger partial charge on any atom is -0.461 e. The standard InChI is InChI=1S/C19H24F2N2O3.C16H27BO3.C9H9BrF2N2O2.CH4/c1-2-26-17(24)16-15(14-10-19(20,21)11-23(14)22-16)13-4-7-18(8-5-13)6-3-9-25-12-18;1-14(2)15(3,4)20-17(19-14)13-6-9-16(10-7-13)8-5-11-18-12-16;1-2-16-8(15)7-6(10)5-3-9(11,12)4-14(5)13-7;/h4H,2-3,5-12H2,1H3;6H,5,7-12H2,1-4H3;2-4H2,1H3;1H4. The van der Waals surface area contributed by atoms with Crippen LogP contribution in [0.2, 0.25) is 0 Å². The molecule has 2 aromatic rings. The summed E-state index contributed by atoms with van der Waals surface area (Å²) in [5, 5.41) is 8.00. The van der Waals surface area contributed by atoms with Crippen molar-refractivity contribution in [3.05, 3.63) is 50.4 Å². The topological polar surface area (TPSA) is 125 Å². The van der Waals surface area contributed by atoms with Crippen LogP contribution in [0.5, 0.6) is 0 Å². The first kappa shape index (κ1) is 49.4. The lowest BCUT2D eigenvalue weighted by molar-refractivity contribution is -0.0131. The van der Waals surface area contributed by atoms with Gasteiger partial charge in [-0.25, -0.2) is 27.2 Å². The van der Waals surface area contributed by atoms with Gasteiger partial charge >= 0.3 is 19.1 Å². The number of carbonyl (C=O) groups excluding carboxylic acids is 2. The Morgan fingerprint density at radius 1 is 0.746 bits per heavy atom. The van der Waals surface area contributed by atoms with E-state index in [-0.39, 0.29) is 62.2 Å². The van der Waals surface area contributed by atoms with Crippen molar-refractivity contribution in [2.45, 2.75) is 162 Å². The van der Waals surface area contributed by atoms with Crippen molar-refractivity contribution in [3.8, 4) is 0 Å². The average Bonchev–Trinajstić information content (AvgIpc) is 3.95. The molecule has 3 saturated heterocycles. The van der Waals surface area contributed by atoms with E-state index >= 15 is 0 Å². The van der Waals surface area contributed by atoms with Crippen molar-refractivity contribution in [2.24, 2.45) is 10.8 Å². The first-order valence-corrected chi connectivity index (χ1v) is 22.8. The number of ether oxygens (including phenoxy) is 4. The highest BCUT2D eigenvalue weighted by molar-refractivity contribution is 9.10. The van der Waals surface area contributed by atoms with E-state index in [1.54, 1.807) is 13.8 Å². The van der Waals surface area contributed by atoms with E-state index in [0.717, 1.165) is 81.6 Å². The van der Waals surface area contributed by atoms with E-state index < -0.39 is 43.3 Å². The number of allylic oxidation sites excluding steroid dienone is 4. The van der Waals surface area contributed by atoms with Gasteiger partial charge in [-0.2, -0.15) is 10.2 Å². The molecule has 9 rings (SSSR count). The summed E-state index contributed by atoms with van der Waals surface area (Å²) in [5.74, 6) is -6.72. The van der Waals surface area contributed by atoms with Crippen LogP contribution in [0.15, 0.2) is 22.1 Å². The van der Waals surface area contributed by atoms with E-state index in [4.69, 9.17) is 28.3 Å². The molecule has 350 valence electrons. The summed E-state index contributed by atoms with van der Waals surface area (Å²) < 4.78 is 90.1. The highest BCUT2D eigenvalue weighted by atomic mass is 79.9. The Balaban J connectivity index is 0.000000161. The molecule has 0 radical (unpaired) electrons. The number of rotatable bonds is 6. The maximum Gasteiger partial charge on any atom is 0.490 e. The lowest BCUT2D eigenvalue weighted by Crippen LogP contribution is -2.41. The van der Waals surface area contributed by atoms with Crippen molar-refractivity contribution in [1.29, 1.82) is 0 Å². The molecule has 0 saturated carbocycles. The predicted molar refractivity (Wildman–Crippen MR) is 233 cm³/mol. The molecule has 0 bridgehead atoms. The maximum atomic E-state index is 13.9. The van der Waals surface area contributed by atoms with Crippen LogP contribution >= 0.6 is 15.9 Å². The number of carbonyl (C=O) groups is 2. The average molecular weight is 956 g/mol. The lowest BCUT2D eigenvalue weighted by Gasteiger charge is -2.39. The Morgan fingerprint density at radius 2 is 1.24 bits per heavy atom. The molecule has 2 atom stereocenters. The second-order valence-electron chi connectivity index (χ2n) is 18.9. The number of hydrogen-bond donors (Lipinski definition) is 0. The number of halogens is 5. The van der Waals surface area contributed by atoms with Crippen LogP contribution in [-0.2, 0) is 54.2 Å². The fourth-order valence-corrected chi connectivity index (χ4v) is 10.1. The van der Waals surface area contributed by atoms with Crippen molar-refractivity contribution in [1.82, 2.24) is 19.6 Å². The fourth-order valence-electron chi connectivity index (χ4n) is 9.51. The molecular weight excluding hydrogens is 891 g/mol. The third-order valence-corrected chi connectivity index (χ3v) is 14.6.